The van der Waals surface area contributed by atoms with E-state index in [2.05, 4.69) is 4.98 Å². The number of nitrogens with zero attached hydrogens (tertiary/aromatic N) is 1. The number of halogens is 3. The second-order valence-corrected chi connectivity index (χ2v) is 7.00. The molecule has 0 aliphatic rings. The van der Waals surface area contributed by atoms with Crippen molar-refractivity contribution < 1.29 is 32.2 Å². The average Bonchev–Trinajstić information content (AvgIpc) is 3.17. The van der Waals surface area contributed by atoms with E-state index < -0.39 is 23.3 Å². The van der Waals surface area contributed by atoms with E-state index in [1.54, 1.807) is 54.6 Å². The van der Waals surface area contributed by atoms with Crippen LogP contribution in [-0.4, -0.2) is 16.1 Å². The van der Waals surface area contributed by atoms with Gasteiger partial charge in [0, 0.05) is 5.56 Å². The Balaban J connectivity index is 1.88. The van der Waals surface area contributed by atoms with E-state index in [1.165, 1.54) is 6.92 Å². The summed E-state index contributed by atoms with van der Waals surface area (Å²) < 4.78 is 51.6. The van der Waals surface area contributed by atoms with Gasteiger partial charge in [-0.2, -0.15) is 13.2 Å². The Morgan fingerprint density at radius 1 is 0.968 bits per heavy atom. The third-order valence-electron chi connectivity index (χ3n) is 4.88. The molecule has 0 saturated heterocycles. The van der Waals surface area contributed by atoms with E-state index in [1.807, 2.05) is 0 Å². The van der Waals surface area contributed by atoms with Gasteiger partial charge in [0.2, 0.25) is 11.5 Å². The van der Waals surface area contributed by atoms with Crippen molar-refractivity contribution >= 4 is 17.1 Å². The fraction of sp³-hybridized carbons (Fsp3) is 0.130. The SMILES string of the molecule is C[C@](Oc1ccc(C(F)(F)F)cc1-c1nc2ccccc2o1)(C(=O)O)c1ccccc1. The zero-order valence-corrected chi connectivity index (χ0v) is 16.2. The standard InChI is InChI=1S/C23H16F3NO4/c1-22(21(28)29,14-7-3-2-4-8-14)31-18-12-11-15(23(24,25)26)13-16(18)20-27-17-9-5-6-10-19(17)30-20/h2-13H,1H3,(H,28,29)/t22-/m1/s1. The minimum atomic E-state index is -4.62. The fourth-order valence-corrected chi connectivity index (χ4v) is 3.15. The summed E-state index contributed by atoms with van der Waals surface area (Å²) in [7, 11) is 0. The minimum Gasteiger partial charge on any atom is -0.478 e. The summed E-state index contributed by atoms with van der Waals surface area (Å²) in [5.74, 6) is -1.52. The molecule has 5 nitrogen and oxygen atoms in total. The lowest BCUT2D eigenvalue weighted by molar-refractivity contribution is -0.154. The number of ether oxygens (including phenoxy) is 1. The normalized spacial score (nSPS) is 13.7. The molecule has 0 amide bonds. The maximum Gasteiger partial charge on any atom is 0.416 e. The number of alkyl halides is 3. The second-order valence-electron chi connectivity index (χ2n) is 7.00. The highest BCUT2D eigenvalue weighted by molar-refractivity contribution is 5.81. The number of fused-ring (bicyclic) bond motifs is 1. The molecule has 4 rings (SSSR count). The number of rotatable bonds is 5. The van der Waals surface area contributed by atoms with Crippen molar-refractivity contribution in [1.82, 2.24) is 4.98 Å². The molecular weight excluding hydrogens is 411 g/mol. The van der Waals surface area contributed by atoms with Crippen LogP contribution in [-0.2, 0) is 16.6 Å². The molecule has 0 spiro atoms. The molecule has 8 heteroatoms. The summed E-state index contributed by atoms with van der Waals surface area (Å²) in [5.41, 5.74) is -1.74. The van der Waals surface area contributed by atoms with E-state index >= 15 is 0 Å². The number of hydrogen-bond acceptors (Lipinski definition) is 4. The van der Waals surface area contributed by atoms with Gasteiger partial charge >= 0.3 is 12.1 Å². The van der Waals surface area contributed by atoms with Crippen LogP contribution in [0.4, 0.5) is 13.2 Å². The van der Waals surface area contributed by atoms with Gasteiger partial charge in [0.1, 0.15) is 11.3 Å². The van der Waals surface area contributed by atoms with Gasteiger partial charge in [-0.1, -0.05) is 42.5 Å². The van der Waals surface area contributed by atoms with E-state index in [4.69, 9.17) is 9.15 Å². The predicted molar refractivity (Wildman–Crippen MR) is 107 cm³/mol. The Hall–Kier alpha value is -3.81. The molecule has 0 bridgehead atoms. The van der Waals surface area contributed by atoms with Crippen molar-refractivity contribution in [2.45, 2.75) is 18.7 Å². The van der Waals surface area contributed by atoms with Crippen molar-refractivity contribution in [3.63, 3.8) is 0 Å². The van der Waals surface area contributed by atoms with E-state index in [0.29, 0.717) is 16.7 Å². The maximum atomic E-state index is 13.4. The minimum absolute atomic E-state index is 0.102. The monoisotopic (exact) mass is 427 g/mol. The molecule has 158 valence electrons. The number of carboxylic acid groups (broad SMARTS) is 1. The largest absolute Gasteiger partial charge is 0.478 e. The predicted octanol–water partition coefficient (Wildman–Crippen LogP) is 5.89. The number of oxazole rings is 1. The Morgan fingerprint density at radius 3 is 2.29 bits per heavy atom. The highest BCUT2D eigenvalue weighted by Gasteiger charge is 2.39. The Kier molecular flexibility index (Phi) is 4.93. The molecule has 0 saturated carbocycles. The first-order valence-corrected chi connectivity index (χ1v) is 9.23. The van der Waals surface area contributed by atoms with Crippen LogP contribution in [0.25, 0.3) is 22.6 Å². The van der Waals surface area contributed by atoms with Crippen LogP contribution in [0.15, 0.2) is 77.2 Å². The number of carbonyl (C=O) groups is 1. The fourth-order valence-electron chi connectivity index (χ4n) is 3.15. The second kappa shape index (κ2) is 7.46. The summed E-state index contributed by atoms with van der Waals surface area (Å²) in [6, 6.07) is 17.6. The van der Waals surface area contributed by atoms with E-state index in [-0.39, 0.29) is 17.2 Å². The number of aromatic nitrogens is 1. The molecule has 0 fully saturated rings. The molecule has 1 aromatic heterocycles. The number of aliphatic carboxylic acids is 1. The zero-order chi connectivity index (χ0) is 22.2. The van der Waals surface area contributed by atoms with Gasteiger partial charge in [-0.3, -0.25) is 0 Å². The molecule has 0 aliphatic heterocycles. The van der Waals surface area contributed by atoms with Crippen LogP contribution in [0.5, 0.6) is 5.75 Å². The Morgan fingerprint density at radius 2 is 1.65 bits per heavy atom. The highest BCUT2D eigenvalue weighted by Crippen LogP contribution is 2.40. The third kappa shape index (κ3) is 3.84. The van der Waals surface area contributed by atoms with Gasteiger partial charge in [0.15, 0.2) is 5.58 Å². The van der Waals surface area contributed by atoms with Crippen molar-refractivity contribution in [2.24, 2.45) is 0 Å². The molecule has 1 atom stereocenters. The van der Waals surface area contributed by atoms with Crippen molar-refractivity contribution in [3.05, 3.63) is 83.9 Å². The first-order chi connectivity index (χ1) is 14.7. The number of carboxylic acids is 1. The van der Waals surface area contributed by atoms with Crippen LogP contribution in [0.3, 0.4) is 0 Å². The Labute approximate surface area is 174 Å². The van der Waals surface area contributed by atoms with Crippen LogP contribution < -0.4 is 4.74 Å². The van der Waals surface area contributed by atoms with Gasteiger partial charge in [-0.15, -0.1) is 0 Å². The van der Waals surface area contributed by atoms with Crippen LogP contribution >= 0.6 is 0 Å². The quantitative estimate of drug-likeness (QED) is 0.430. The molecule has 3 aromatic carbocycles. The van der Waals surface area contributed by atoms with Crippen molar-refractivity contribution in [3.8, 4) is 17.2 Å². The van der Waals surface area contributed by atoms with E-state index in [9.17, 15) is 23.1 Å². The highest BCUT2D eigenvalue weighted by atomic mass is 19.4. The van der Waals surface area contributed by atoms with Crippen LogP contribution in [0.1, 0.15) is 18.1 Å². The van der Waals surface area contributed by atoms with Crippen LogP contribution in [0.2, 0.25) is 0 Å². The summed E-state index contributed by atoms with van der Waals surface area (Å²) in [6.07, 6.45) is -4.62. The first kappa shape index (κ1) is 20.5. The molecule has 0 radical (unpaired) electrons. The molecule has 1 heterocycles. The van der Waals surface area contributed by atoms with E-state index in [0.717, 1.165) is 18.2 Å². The van der Waals surface area contributed by atoms with Crippen molar-refractivity contribution in [2.75, 3.05) is 0 Å². The average molecular weight is 427 g/mol. The zero-order valence-electron chi connectivity index (χ0n) is 16.2. The number of benzene rings is 3. The molecular formula is C23H16F3NO4. The van der Waals surface area contributed by atoms with Crippen LogP contribution in [0, 0.1) is 0 Å². The third-order valence-corrected chi connectivity index (χ3v) is 4.88. The van der Waals surface area contributed by atoms with Gasteiger partial charge in [-0.05, 0) is 37.3 Å². The molecule has 0 aliphatic carbocycles. The maximum absolute atomic E-state index is 13.4. The topological polar surface area (TPSA) is 72.6 Å². The summed E-state index contributed by atoms with van der Waals surface area (Å²) in [5, 5.41) is 9.86. The lowest BCUT2D eigenvalue weighted by atomic mass is 9.95. The van der Waals surface area contributed by atoms with Gasteiger partial charge < -0.3 is 14.3 Å². The molecule has 0 unspecified atom stereocenters. The summed E-state index contributed by atoms with van der Waals surface area (Å²) in [4.78, 5) is 16.3. The molecule has 1 N–H and O–H groups in total. The smallest absolute Gasteiger partial charge is 0.416 e. The van der Waals surface area contributed by atoms with Crippen molar-refractivity contribution in [1.29, 1.82) is 0 Å². The Bertz CT molecular complexity index is 1220. The lowest BCUT2D eigenvalue weighted by Gasteiger charge is -2.28. The lowest BCUT2D eigenvalue weighted by Crippen LogP contribution is -2.38. The number of para-hydroxylation sites is 2. The van der Waals surface area contributed by atoms with Gasteiger partial charge in [0.05, 0.1) is 11.1 Å². The van der Waals surface area contributed by atoms with Gasteiger partial charge in [-0.25, -0.2) is 9.78 Å². The molecule has 31 heavy (non-hydrogen) atoms. The first-order valence-electron chi connectivity index (χ1n) is 9.23. The number of hydrogen-bond donors (Lipinski definition) is 1. The molecule has 4 aromatic rings. The summed E-state index contributed by atoms with van der Waals surface area (Å²) in [6.45, 7) is 1.33. The van der Waals surface area contributed by atoms with Gasteiger partial charge in [0.25, 0.3) is 0 Å². The summed E-state index contributed by atoms with van der Waals surface area (Å²) >= 11 is 0.